The quantitative estimate of drug-likeness (QED) is 0.619. The van der Waals surface area contributed by atoms with Gasteiger partial charge in [-0.25, -0.2) is 9.78 Å². The van der Waals surface area contributed by atoms with E-state index < -0.39 is 17.4 Å². The number of aromatic nitrogens is 1. The zero-order chi connectivity index (χ0) is 22.9. The van der Waals surface area contributed by atoms with E-state index in [1.807, 2.05) is 4.90 Å². The Morgan fingerprint density at radius 3 is 2.50 bits per heavy atom. The number of pyridine rings is 1. The fourth-order valence-electron chi connectivity index (χ4n) is 3.76. The number of anilines is 2. The Hall–Kier alpha value is -3.40. The van der Waals surface area contributed by atoms with Crippen LogP contribution in [-0.2, 0) is 17.5 Å². The van der Waals surface area contributed by atoms with Gasteiger partial charge in [0.1, 0.15) is 11.4 Å². The largest absolute Gasteiger partial charge is 0.423 e. The molecule has 1 aliphatic heterocycles. The first-order valence-electron chi connectivity index (χ1n) is 10.0. The second-order valence-corrected chi connectivity index (χ2v) is 7.65. The lowest BCUT2D eigenvalue weighted by atomic mass is 10.1. The summed E-state index contributed by atoms with van der Waals surface area (Å²) < 4.78 is 43.5. The molecule has 4 rings (SSSR count). The van der Waals surface area contributed by atoms with Crippen molar-refractivity contribution in [3.8, 4) is 0 Å². The smallest absolute Gasteiger partial charge is 0.417 e. The Labute approximate surface area is 181 Å². The summed E-state index contributed by atoms with van der Waals surface area (Å²) in [6.45, 7) is 4.45. The van der Waals surface area contributed by atoms with Crippen LogP contribution in [0.3, 0.4) is 0 Å². The number of amides is 1. The third-order valence-electron chi connectivity index (χ3n) is 5.32. The minimum atomic E-state index is -4.40. The maximum absolute atomic E-state index is 12.7. The molecule has 0 aliphatic carbocycles. The number of benzene rings is 1. The molecule has 1 fully saturated rings. The molecule has 1 N–H and O–H groups in total. The maximum Gasteiger partial charge on any atom is 0.417 e. The zero-order valence-corrected chi connectivity index (χ0v) is 17.3. The lowest BCUT2D eigenvalue weighted by Gasteiger charge is -2.35. The van der Waals surface area contributed by atoms with Crippen molar-refractivity contribution in [2.45, 2.75) is 19.6 Å². The molecule has 1 amide bonds. The van der Waals surface area contributed by atoms with Crippen LogP contribution in [0.1, 0.15) is 18.1 Å². The van der Waals surface area contributed by atoms with Crippen molar-refractivity contribution in [3.05, 3.63) is 64.1 Å². The topological polar surface area (TPSA) is 78.7 Å². The van der Waals surface area contributed by atoms with E-state index in [0.717, 1.165) is 23.2 Å². The Balaban J connectivity index is 1.45. The van der Waals surface area contributed by atoms with Gasteiger partial charge in [-0.15, -0.1) is 0 Å². The van der Waals surface area contributed by atoms with Gasteiger partial charge < -0.3 is 14.6 Å². The number of carbonyl (C=O) groups is 1. The molecule has 0 saturated carbocycles. The molecule has 168 valence electrons. The van der Waals surface area contributed by atoms with Crippen LogP contribution in [0, 0.1) is 0 Å². The van der Waals surface area contributed by atoms with Crippen molar-refractivity contribution in [2.24, 2.45) is 0 Å². The van der Waals surface area contributed by atoms with Gasteiger partial charge in [0, 0.05) is 69.1 Å². The second-order valence-electron chi connectivity index (χ2n) is 7.65. The molecular weight excluding hydrogens is 425 g/mol. The van der Waals surface area contributed by atoms with Gasteiger partial charge in [0.05, 0.1) is 5.56 Å². The van der Waals surface area contributed by atoms with Crippen molar-refractivity contribution in [3.63, 3.8) is 0 Å². The standard InChI is InChI=1S/C22H21F3N4O3/c1-14(30)27-17-3-4-18-15(10-21(31)32-19(18)11-17)13-28-6-8-29(9-7-28)20-5-2-16(12-26-20)22(23,24)25/h2-5,10-12H,6-9,13H2,1H3,(H,27,30). The molecule has 10 heteroatoms. The highest BCUT2D eigenvalue weighted by atomic mass is 19.4. The van der Waals surface area contributed by atoms with Gasteiger partial charge in [0.15, 0.2) is 0 Å². The van der Waals surface area contributed by atoms with Crippen molar-refractivity contribution in [2.75, 3.05) is 36.4 Å². The normalized spacial score (nSPS) is 15.2. The number of nitrogens with zero attached hydrogens (tertiary/aromatic N) is 3. The molecule has 0 bridgehead atoms. The SMILES string of the molecule is CC(=O)Nc1ccc2c(CN3CCN(c4ccc(C(F)(F)F)cn4)CC3)cc(=O)oc2c1. The van der Waals surface area contributed by atoms with E-state index in [1.54, 1.807) is 18.2 Å². The monoisotopic (exact) mass is 446 g/mol. The second kappa shape index (κ2) is 8.62. The molecule has 0 spiro atoms. The molecule has 0 atom stereocenters. The van der Waals surface area contributed by atoms with Crippen LogP contribution in [0.4, 0.5) is 24.7 Å². The Morgan fingerprint density at radius 2 is 1.88 bits per heavy atom. The number of nitrogens with one attached hydrogen (secondary N) is 1. The first-order chi connectivity index (χ1) is 15.2. The molecule has 0 unspecified atom stereocenters. The molecule has 32 heavy (non-hydrogen) atoms. The van der Waals surface area contributed by atoms with E-state index in [4.69, 9.17) is 4.42 Å². The Bertz CT molecular complexity index is 1180. The van der Waals surface area contributed by atoms with Crippen LogP contribution >= 0.6 is 0 Å². The molecule has 7 nitrogen and oxygen atoms in total. The predicted octanol–water partition coefficient (Wildman–Crippen LogP) is 3.49. The van der Waals surface area contributed by atoms with E-state index in [0.29, 0.717) is 49.8 Å². The van der Waals surface area contributed by atoms with Crippen LogP contribution in [0.15, 0.2) is 51.8 Å². The van der Waals surface area contributed by atoms with Gasteiger partial charge in [0.25, 0.3) is 0 Å². The van der Waals surface area contributed by atoms with E-state index in [9.17, 15) is 22.8 Å². The number of rotatable bonds is 4. The van der Waals surface area contributed by atoms with E-state index in [-0.39, 0.29) is 5.91 Å². The van der Waals surface area contributed by atoms with E-state index >= 15 is 0 Å². The number of alkyl halides is 3. The van der Waals surface area contributed by atoms with Gasteiger partial charge in [0.2, 0.25) is 5.91 Å². The van der Waals surface area contributed by atoms with Crippen molar-refractivity contribution in [1.29, 1.82) is 0 Å². The molecule has 1 aromatic carbocycles. The fourth-order valence-corrected chi connectivity index (χ4v) is 3.76. The van der Waals surface area contributed by atoms with Crippen molar-refractivity contribution < 1.29 is 22.4 Å². The summed E-state index contributed by atoms with van der Waals surface area (Å²) in [4.78, 5) is 31.4. The van der Waals surface area contributed by atoms with E-state index in [2.05, 4.69) is 15.2 Å². The first-order valence-corrected chi connectivity index (χ1v) is 10.0. The minimum Gasteiger partial charge on any atom is -0.423 e. The van der Waals surface area contributed by atoms with Gasteiger partial charge in [-0.1, -0.05) is 0 Å². The summed E-state index contributed by atoms with van der Waals surface area (Å²) in [6.07, 6.45) is -3.55. The van der Waals surface area contributed by atoms with Crippen molar-refractivity contribution >= 4 is 28.4 Å². The van der Waals surface area contributed by atoms with Crippen LogP contribution in [0.5, 0.6) is 0 Å². The van der Waals surface area contributed by atoms with E-state index in [1.165, 1.54) is 19.1 Å². The number of hydrogen-bond acceptors (Lipinski definition) is 6. The number of carbonyl (C=O) groups excluding carboxylic acids is 1. The first kappa shape index (κ1) is 21.8. The molecule has 3 aromatic rings. The molecule has 1 aliphatic rings. The zero-order valence-electron chi connectivity index (χ0n) is 17.3. The Morgan fingerprint density at radius 1 is 1.12 bits per heavy atom. The summed E-state index contributed by atoms with van der Waals surface area (Å²) >= 11 is 0. The third kappa shape index (κ3) is 4.91. The minimum absolute atomic E-state index is 0.219. The predicted molar refractivity (Wildman–Crippen MR) is 114 cm³/mol. The average Bonchev–Trinajstić information content (AvgIpc) is 2.73. The van der Waals surface area contributed by atoms with Gasteiger partial charge in [-0.3, -0.25) is 9.69 Å². The highest BCUT2D eigenvalue weighted by molar-refractivity contribution is 5.92. The molecule has 1 saturated heterocycles. The summed E-state index contributed by atoms with van der Waals surface area (Å²) in [5.74, 6) is 0.289. The maximum atomic E-state index is 12.7. The van der Waals surface area contributed by atoms with Crippen molar-refractivity contribution in [1.82, 2.24) is 9.88 Å². The number of piperazine rings is 1. The highest BCUT2D eigenvalue weighted by Gasteiger charge is 2.31. The lowest BCUT2D eigenvalue weighted by Crippen LogP contribution is -2.46. The molecule has 3 heterocycles. The molecule has 2 aromatic heterocycles. The Kier molecular flexibility index (Phi) is 5.88. The summed E-state index contributed by atoms with van der Waals surface area (Å²) in [7, 11) is 0. The van der Waals surface area contributed by atoms with Crippen LogP contribution in [-0.4, -0.2) is 42.0 Å². The number of halogens is 3. The van der Waals surface area contributed by atoms with Crippen LogP contribution in [0.25, 0.3) is 11.0 Å². The fraction of sp³-hybridized carbons (Fsp3) is 0.318. The highest BCUT2D eigenvalue weighted by Crippen LogP contribution is 2.29. The molecule has 0 radical (unpaired) electrons. The molecular formula is C22H21F3N4O3. The summed E-state index contributed by atoms with van der Waals surface area (Å²) in [5.41, 5.74) is 0.512. The van der Waals surface area contributed by atoms with Gasteiger partial charge >= 0.3 is 11.8 Å². The van der Waals surface area contributed by atoms with Gasteiger partial charge in [-0.2, -0.15) is 13.2 Å². The summed E-state index contributed by atoms with van der Waals surface area (Å²) in [6, 6.07) is 9.07. The third-order valence-corrected chi connectivity index (χ3v) is 5.32. The summed E-state index contributed by atoms with van der Waals surface area (Å²) in [5, 5.41) is 3.45. The van der Waals surface area contributed by atoms with Crippen LogP contribution in [0.2, 0.25) is 0 Å². The lowest BCUT2D eigenvalue weighted by molar-refractivity contribution is -0.137. The van der Waals surface area contributed by atoms with Gasteiger partial charge in [-0.05, 0) is 29.8 Å². The number of hydrogen-bond donors (Lipinski definition) is 1. The van der Waals surface area contributed by atoms with Crippen LogP contribution < -0.4 is 15.8 Å². The average molecular weight is 446 g/mol. The number of fused-ring (bicyclic) bond motifs is 1.